The van der Waals surface area contributed by atoms with Crippen LogP contribution in [0.25, 0.3) is 27.5 Å². The van der Waals surface area contributed by atoms with E-state index in [4.69, 9.17) is 5.11 Å². The van der Waals surface area contributed by atoms with Crippen molar-refractivity contribution < 1.29 is 24.2 Å². The fourth-order valence-electron chi connectivity index (χ4n) is 2.98. The first-order valence-corrected chi connectivity index (χ1v) is 8.05. The van der Waals surface area contributed by atoms with Gasteiger partial charge >= 0.3 is 5.97 Å². The molecule has 0 aliphatic carbocycles. The molecule has 0 radical (unpaired) electrons. The smallest absolute Gasteiger partial charge is 0.322 e. The number of benzene rings is 1. The number of hydrogen-bond donors (Lipinski definition) is 3. The van der Waals surface area contributed by atoms with Gasteiger partial charge in [0, 0.05) is 28.7 Å². The third kappa shape index (κ3) is 2.76. The van der Waals surface area contributed by atoms with Crippen LogP contribution >= 0.6 is 0 Å². The quantitative estimate of drug-likeness (QED) is 0.489. The van der Waals surface area contributed by atoms with Gasteiger partial charge in [0.2, 0.25) is 0 Å². The van der Waals surface area contributed by atoms with E-state index in [9.17, 15) is 19.1 Å². The van der Waals surface area contributed by atoms with Crippen LogP contribution in [0.1, 0.15) is 10.5 Å². The summed E-state index contributed by atoms with van der Waals surface area (Å²) in [4.78, 5) is 31.4. The van der Waals surface area contributed by atoms with E-state index in [-0.39, 0.29) is 16.7 Å². The van der Waals surface area contributed by atoms with Gasteiger partial charge in [-0.25, -0.2) is 13.9 Å². The van der Waals surface area contributed by atoms with Gasteiger partial charge in [0.25, 0.3) is 5.91 Å². The topological polar surface area (TPSA) is 130 Å². The number of carboxylic acid groups (broad SMARTS) is 1. The van der Waals surface area contributed by atoms with Crippen molar-refractivity contribution in [3.8, 4) is 16.9 Å². The first kappa shape index (κ1) is 17.3. The summed E-state index contributed by atoms with van der Waals surface area (Å²) in [6.45, 7) is -0.625. The Kier molecular flexibility index (Phi) is 4.07. The van der Waals surface area contributed by atoms with Crippen LogP contribution in [0.2, 0.25) is 0 Å². The largest absolute Gasteiger partial charge is 0.505 e. The van der Waals surface area contributed by atoms with Gasteiger partial charge < -0.3 is 15.5 Å². The minimum atomic E-state index is -1.23. The molecule has 0 saturated carbocycles. The standard InChI is InChI=1S/C18H12FN5O4/c19-10-3-1-9(2-4-10)11-5-20-6-12-14(11)17-22-8-23-24(17)15(16(12)27)18(28)21-7-13(25)26/h1-6,8,27H,7H2,(H,21,28)(H,25,26). The summed E-state index contributed by atoms with van der Waals surface area (Å²) in [5.41, 5.74) is 1.18. The van der Waals surface area contributed by atoms with Crippen molar-refractivity contribution in [1.82, 2.24) is 24.9 Å². The zero-order valence-corrected chi connectivity index (χ0v) is 14.1. The lowest BCUT2D eigenvalue weighted by Crippen LogP contribution is -2.31. The zero-order chi connectivity index (χ0) is 19.8. The Labute approximate surface area is 156 Å². The molecule has 3 aromatic heterocycles. The average Bonchev–Trinajstić information content (AvgIpc) is 3.16. The molecule has 4 aromatic rings. The van der Waals surface area contributed by atoms with Gasteiger partial charge in [0.15, 0.2) is 17.1 Å². The molecule has 28 heavy (non-hydrogen) atoms. The van der Waals surface area contributed by atoms with Gasteiger partial charge in [-0.15, -0.1) is 0 Å². The minimum absolute atomic E-state index is 0.225. The van der Waals surface area contributed by atoms with Crippen LogP contribution in [0, 0.1) is 5.82 Å². The van der Waals surface area contributed by atoms with Gasteiger partial charge in [0.05, 0.1) is 0 Å². The molecule has 10 heteroatoms. The molecule has 1 aromatic carbocycles. The van der Waals surface area contributed by atoms with Crippen LogP contribution in [-0.4, -0.2) is 48.2 Å². The third-order valence-corrected chi connectivity index (χ3v) is 4.18. The predicted octanol–water partition coefficient (Wildman–Crippen LogP) is 1.60. The maximum Gasteiger partial charge on any atom is 0.322 e. The van der Waals surface area contributed by atoms with E-state index >= 15 is 0 Å². The van der Waals surface area contributed by atoms with E-state index in [0.29, 0.717) is 16.5 Å². The number of aromatic nitrogens is 4. The summed E-state index contributed by atoms with van der Waals surface area (Å²) >= 11 is 0. The molecule has 0 fully saturated rings. The average molecular weight is 381 g/mol. The first-order chi connectivity index (χ1) is 13.5. The van der Waals surface area contributed by atoms with Gasteiger partial charge in [-0.1, -0.05) is 12.1 Å². The van der Waals surface area contributed by atoms with Crippen molar-refractivity contribution in [3.05, 3.63) is 54.5 Å². The summed E-state index contributed by atoms with van der Waals surface area (Å²) in [5, 5.41) is 26.3. The first-order valence-electron chi connectivity index (χ1n) is 8.05. The van der Waals surface area contributed by atoms with Crippen LogP contribution in [-0.2, 0) is 4.79 Å². The fraction of sp³-hybridized carbons (Fsp3) is 0.0556. The molecule has 1 amide bonds. The van der Waals surface area contributed by atoms with Crippen molar-refractivity contribution in [2.75, 3.05) is 6.54 Å². The van der Waals surface area contributed by atoms with Crippen molar-refractivity contribution in [2.45, 2.75) is 0 Å². The fourth-order valence-corrected chi connectivity index (χ4v) is 2.98. The van der Waals surface area contributed by atoms with E-state index in [1.807, 2.05) is 0 Å². The number of amides is 1. The second kappa shape index (κ2) is 6.58. The lowest BCUT2D eigenvalue weighted by molar-refractivity contribution is -0.135. The van der Waals surface area contributed by atoms with E-state index in [1.165, 1.54) is 30.9 Å². The van der Waals surface area contributed by atoms with E-state index in [1.54, 1.807) is 12.1 Å². The highest BCUT2D eigenvalue weighted by atomic mass is 19.1. The number of aliphatic carboxylic acids is 1. The number of halogens is 1. The summed E-state index contributed by atoms with van der Waals surface area (Å²) in [6, 6.07) is 5.71. The number of carboxylic acids is 1. The van der Waals surface area contributed by atoms with Crippen LogP contribution in [0.4, 0.5) is 4.39 Å². The summed E-state index contributed by atoms with van der Waals surface area (Å²) in [5.74, 6) is -2.88. The predicted molar refractivity (Wildman–Crippen MR) is 95.3 cm³/mol. The minimum Gasteiger partial charge on any atom is -0.505 e. The molecule has 4 rings (SSSR count). The number of nitrogens with one attached hydrogen (secondary N) is 1. The van der Waals surface area contributed by atoms with Crippen LogP contribution in [0.3, 0.4) is 0 Å². The summed E-state index contributed by atoms with van der Waals surface area (Å²) in [6.07, 6.45) is 4.10. The Morgan fingerprint density at radius 1 is 1.18 bits per heavy atom. The van der Waals surface area contributed by atoms with Crippen molar-refractivity contribution in [1.29, 1.82) is 0 Å². The number of hydrogen-bond acceptors (Lipinski definition) is 6. The molecule has 0 bridgehead atoms. The van der Waals surface area contributed by atoms with Crippen molar-refractivity contribution in [3.63, 3.8) is 0 Å². The number of carbonyl (C=O) groups is 2. The Hall–Kier alpha value is -4.08. The number of fused-ring (bicyclic) bond motifs is 3. The lowest BCUT2D eigenvalue weighted by atomic mass is 10.0. The number of pyridine rings is 2. The molecule has 0 saturated heterocycles. The maximum atomic E-state index is 13.3. The Morgan fingerprint density at radius 3 is 2.64 bits per heavy atom. The molecular weight excluding hydrogens is 369 g/mol. The SMILES string of the molecule is O=C(O)CNC(=O)c1c(O)c2cncc(-c3ccc(F)cc3)c2c2ncnn12. The maximum absolute atomic E-state index is 13.3. The number of rotatable bonds is 4. The molecule has 3 heterocycles. The van der Waals surface area contributed by atoms with Gasteiger partial charge in [0.1, 0.15) is 18.7 Å². The molecule has 0 atom stereocenters. The monoisotopic (exact) mass is 381 g/mol. The normalized spacial score (nSPS) is 11.0. The Balaban J connectivity index is 2.00. The highest BCUT2D eigenvalue weighted by molar-refractivity contribution is 6.11. The molecule has 140 valence electrons. The molecule has 9 nitrogen and oxygen atoms in total. The second-order valence-electron chi connectivity index (χ2n) is 5.89. The van der Waals surface area contributed by atoms with Gasteiger partial charge in [-0.2, -0.15) is 5.10 Å². The molecule has 0 aliphatic rings. The van der Waals surface area contributed by atoms with Crippen molar-refractivity contribution >= 4 is 28.3 Å². The zero-order valence-electron chi connectivity index (χ0n) is 14.1. The number of aromatic hydroxyl groups is 1. The van der Waals surface area contributed by atoms with Gasteiger partial charge in [-0.3, -0.25) is 14.6 Å². The molecular formula is C18H12FN5O4. The van der Waals surface area contributed by atoms with Crippen LogP contribution in [0.5, 0.6) is 5.75 Å². The Bertz CT molecular complexity index is 1240. The number of carbonyl (C=O) groups excluding carboxylic acids is 1. The highest BCUT2D eigenvalue weighted by Crippen LogP contribution is 2.36. The summed E-state index contributed by atoms with van der Waals surface area (Å²) < 4.78 is 14.4. The highest BCUT2D eigenvalue weighted by Gasteiger charge is 2.24. The molecule has 0 aliphatic heterocycles. The lowest BCUT2D eigenvalue weighted by Gasteiger charge is -2.13. The van der Waals surface area contributed by atoms with E-state index in [0.717, 1.165) is 4.52 Å². The second-order valence-corrected chi connectivity index (χ2v) is 5.89. The summed E-state index contributed by atoms with van der Waals surface area (Å²) in [7, 11) is 0. The Morgan fingerprint density at radius 2 is 1.93 bits per heavy atom. The third-order valence-electron chi connectivity index (χ3n) is 4.18. The molecule has 0 spiro atoms. The van der Waals surface area contributed by atoms with Crippen LogP contribution in [0.15, 0.2) is 43.0 Å². The van der Waals surface area contributed by atoms with E-state index < -0.39 is 30.0 Å². The van der Waals surface area contributed by atoms with Crippen molar-refractivity contribution in [2.24, 2.45) is 0 Å². The van der Waals surface area contributed by atoms with Gasteiger partial charge in [-0.05, 0) is 17.7 Å². The van der Waals surface area contributed by atoms with E-state index in [2.05, 4.69) is 20.4 Å². The molecule has 0 unspecified atom stereocenters. The number of nitrogens with zero attached hydrogens (tertiary/aromatic N) is 4. The van der Waals surface area contributed by atoms with Crippen LogP contribution < -0.4 is 5.32 Å². The molecule has 3 N–H and O–H groups in total.